The third-order valence-corrected chi connectivity index (χ3v) is 2.76. The first-order chi connectivity index (χ1) is 6.83. The van der Waals surface area contributed by atoms with Crippen LogP contribution in [0.25, 0.3) is 0 Å². The molecular formula is C11H13NO2. The third kappa shape index (κ3) is 1.51. The molecule has 74 valence electrons. The molecule has 2 N–H and O–H groups in total. The van der Waals surface area contributed by atoms with Crippen LogP contribution in [0.4, 0.5) is 0 Å². The summed E-state index contributed by atoms with van der Waals surface area (Å²) in [4.78, 5) is 10.3. The highest BCUT2D eigenvalue weighted by molar-refractivity contribution is 5.47. The first kappa shape index (κ1) is 9.21. The van der Waals surface area contributed by atoms with Gasteiger partial charge in [-0.3, -0.25) is 4.79 Å². The Labute approximate surface area is 82.8 Å². The van der Waals surface area contributed by atoms with Gasteiger partial charge in [-0.2, -0.15) is 0 Å². The number of hydrogen-bond donors (Lipinski definition) is 2. The second-order valence-electron chi connectivity index (χ2n) is 3.57. The molecule has 1 amide bonds. The van der Waals surface area contributed by atoms with Gasteiger partial charge in [0.05, 0.1) is 12.1 Å². The lowest BCUT2D eigenvalue weighted by molar-refractivity contribution is -0.111. The molecule has 0 saturated heterocycles. The van der Waals surface area contributed by atoms with Gasteiger partial charge in [-0.05, 0) is 24.0 Å². The first-order valence-corrected chi connectivity index (χ1v) is 4.78. The largest absolute Gasteiger partial charge is 0.386 e. The number of carbonyl (C=O) groups is 1. The van der Waals surface area contributed by atoms with Crippen molar-refractivity contribution in [3.63, 3.8) is 0 Å². The Morgan fingerprint density at radius 2 is 2.21 bits per heavy atom. The van der Waals surface area contributed by atoms with E-state index in [9.17, 15) is 9.90 Å². The van der Waals surface area contributed by atoms with Crippen molar-refractivity contribution in [2.45, 2.75) is 25.0 Å². The molecule has 0 radical (unpaired) electrons. The number of nitrogens with one attached hydrogen (secondary N) is 1. The number of benzene rings is 1. The van der Waals surface area contributed by atoms with Crippen molar-refractivity contribution in [3.05, 3.63) is 35.4 Å². The molecule has 0 saturated carbocycles. The molecular weight excluding hydrogens is 178 g/mol. The lowest BCUT2D eigenvalue weighted by atomic mass is 9.86. The average molecular weight is 191 g/mol. The predicted octanol–water partition coefficient (Wildman–Crippen LogP) is 0.781. The van der Waals surface area contributed by atoms with Gasteiger partial charge < -0.3 is 10.4 Å². The zero-order valence-corrected chi connectivity index (χ0v) is 7.81. The van der Waals surface area contributed by atoms with Crippen LogP contribution >= 0.6 is 0 Å². The number of carbonyl (C=O) groups excluding carboxylic acids is 1. The van der Waals surface area contributed by atoms with Gasteiger partial charge in [0.1, 0.15) is 0 Å². The standard InChI is InChI=1S/C11H13NO2/c13-7-12-10-6-5-8-3-1-2-4-9(8)11(10)14/h1-4,7,10-11,14H,5-6H2,(H,12,13)/t10-,11-/m0/s1. The smallest absolute Gasteiger partial charge is 0.207 e. The van der Waals surface area contributed by atoms with E-state index >= 15 is 0 Å². The fourth-order valence-electron chi connectivity index (χ4n) is 2.00. The van der Waals surface area contributed by atoms with E-state index in [0.29, 0.717) is 6.41 Å². The van der Waals surface area contributed by atoms with Crippen molar-refractivity contribution in [1.82, 2.24) is 5.32 Å². The zero-order valence-electron chi connectivity index (χ0n) is 7.81. The maximum absolute atomic E-state index is 10.3. The van der Waals surface area contributed by atoms with Gasteiger partial charge in [-0.25, -0.2) is 0 Å². The van der Waals surface area contributed by atoms with E-state index < -0.39 is 6.10 Å². The molecule has 0 aromatic heterocycles. The summed E-state index contributed by atoms with van der Waals surface area (Å²) < 4.78 is 0. The molecule has 14 heavy (non-hydrogen) atoms. The zero-order chi connectivity index (χ0) is 9.97. The van der Waals surface area contributed by atoms with Crippen molar-refractivity contribution < 1.29 is 9.90 Å². The van der Waals surface area contributed by atoms with Gasteiger partial charge >= 0.3 is 0 Å². The molecule has 0 heterocycles. The number of hydrogen-bond acceptors (Lipinski definition) is 2. The highest BCUT2D eigenvalue weighted by atomic mass is 16.3. The van der Waals surface area contributed by atoms with Crippen molar-refractivity contribution in [2.75, 3.05) is 0 Å². The van der Waals surface area contributed by atoms with Crippen LogP contribution in [-0.2, 0) is 11.2 Å². The summed E-state index contributed by atoms with van der Waals surface area (Å²) in [7, 11) is 0. The Bertz CT molecular complexity index is 338. The molecule has 0 spiro atoms. The molecule has 3 nitrogen and oxygen atoms in total. The van der Waals surface area contributed by atoms with Crippen LogP contribution in [0.5, 0.6) is 0 Å². The molecule has 2 rings (SSSR count). The van der Waals surface area contributed by atoms with E-state index in [1.165, 1.54) is 5.56 Å². The maximum Gasteiger partial charge on any atom is 0.207 e. The predicted molar refractivity (Wildman–Crippen MR) is 52.7 cm³/mol. The molecule has 0 fully saturated rings. The van der Waals surface area contributed by atoms with Crippen molar-refractivity contribution in [3.8, 4) is 0 Å². The Kier molecular flexibility index (Phi) is 2.50. The topological polar surface area (TPSA) is 49.3 Å². The summed E-state index contributed by atoms with van der Waals surface area (Å²) in [5.41, 5.74) is 2.13. The number of fused-ring (bicyclic) bond motifs is 1. The van der Waals surface area contributed by atoms with Crippen LogP contribution in [0.3, 0.4) is 0 Å². The fourth-order valence-corrected chi connectivity index (χ4v) is 2.00. The summed E-state index contributed by atoms with van der Waals surface area (Å²) in [6, 6.07) is 7.68. The lowest BCUT2D eigenvalue weighted by Crippen LogP contribution is -2.37. The molecule has 1 aliphatic carbocycles. The van der Waals surface area contributed by atoms with Gasteiger partial charge in [0.2, 0.25) is 6.41 Å². The summed E-state index contributed by atoms with van der Waals surface area (Å²) in [6.45, 7) is 0. The van der Waals surface area contributed by atoms with Gasteiger partial charge in [0, 0.05) is 0 Å². The van der Waals surface area contributed by atoms with Crippen molar-refractivity contribution in [2.24, 2.45) is 0 Å². The quantitative estimate of drug-likeness (QED) is 0.679. The van der Waals surface area contributed by atoms with Crippen LogP contribution in [0.2, 0.25) is 0 Å². The van der Waals surface area contributed by atoms with Crippen LogP contribution in [0.15, 0.2) is 24.3 Å². The molecule has 1 aromatic carbocycles. The average Bonchev–Trinajstić information content (AvgIpc) is 2.23. The normalized spacial score (nSPS) is 25.2. The van der Waals surface area contributed by atoms with Gasteiger partial charge in [-0.15, -0.1) is 0 Å². The molecule has 2 atom stereocenters. The monoisotopic (exact) mass is 191 g/mol. The van der Waals surface area contributed by atoms with Crippen LogP contribution in [0, 0.1) is 0 Å². The summed E-state index contributed by atoms with van der Waals surface area (Å²) >= 11 is 0. The number of aliphatic hydroxyl groups excluding tert-OH is 1. The van der Waals surface area contributed by atoms with Crippen molar-refractivity contribution >= 4 is 6.41 Å². The Morgan fingerprint density at radius 3 is 3.00 bits per heavy atom. The van der Waals surface area contributed by atoms with E-state index in [0.717, 1.165) is 18.4 Å². The summed E-state index contributed by atoms with van der Waals surface area (Å²) in [5, 5.41) is 12.6. The summed E-state index contributed by atoms with van der Waals surface area (Å²) in [5.74, 6) is 0. The summed E-state index contributed by atoms with van der Waals surface area (Å²) in [6.07, 6.45) is 1.81. The maximum atomic E-state index is 10.3. The van der Waals surface area contributed by atoms with E-state index in [-0.39, 0.29) is 6.04 Å². The van der Waals surface area contributed by atoms with Gasteiger partial charge in [0.25, 0.3) is 0 Å². The Hall–Kier alpha value is -1.35. The van der Waals surface area contributed by atoms with Crippen LogP contribution < -0.4 is 5.32 Å². The highest BCUT2D eigenvalue weighted by Gasteiger charge is 2.26. The van der Waals surface area contributed by atoms with E-state index in [1.54, 1.807) is 0 Å². The minimum absolute atomic E-state index is 0.137. The Morgan fingerprint density at radius 1 is 1.43 bits per heavy atom. The molecule has 3 heteroatoms. The third-order valence-electron chi connectivity index (χ3n) is 2.76. The molecule has 1 aromatic rings. The number of aliphatic hydroxyl groups is 1. The van der Waals surface area contributed by atoms with Crippen molar-refractivity contribution in [1.29, 1.82) is 0 Å². The first-order valence-electron chi connectivity index (χ1n) is 4.78. The molecule has 0 aliphatic heterocycles. The number of aryl methyl sites for hydroxylation is 1. The SMILES string of the molecule is O=CN[C@H]1CCc2ccccc2[C@@H]1O. The van der Waals surface area contributed by atoms with Crippen LogP contribution in [0.1, 0.15) is 23.7 Å². The highest BCUT2D eigenvalue weighted by Crippen LogP contribution is 2.29. The van der Waals surface area contributed by atoms with E-state index in [4.69, 9.17) is 0 Å². The minimum Gasteiger partial charge on any atom is -0.386 e. The number of rotatable bonds is 2. The molecule has 1 aliphatic rings. The second kappa shape index (κ2) is 3.80. The van der Waals surface area contributed by atoms with Gasteiger partial charge in [0.15, 0.2) is 0 Å². The van der Waals surface area contributed by atoms with Gasteiger partial charge in [-0.1, -0.05) is 24.3 Å². The fraction of sp³-hybridized carbons (Fsp3) is 0.364. The second-order valence-corrected chi connectivity index (χ2v) is 3.57. The van der Waals surface area contributed by atoms with E-state index in [2.05, 4.69) is 5.32 Å². The number of amides is 1. The molecule has 0 unspecified atom stereocenters. The lowest BCUT2D eigenvalue weighted by Gasteiger charge is -2.29. The van der Waals surface area contributed by atoms with Crippen LogP contribution in [-0.4, -0.2) is 17.6 Å². The Balaban J connectivity index is 2.26. The molecule has 0 bridgehead atoms. The minimum atomic E-state index is -0.565. The van der Waals surface area contributed by atoms with E-state index in [1.807, 2.05) is 24.3 Å².